The highest BCUT2D eigenvalue weighted by atomic mass is 32.2. The van der Waals surface area contributed by atoms with Crippen molar-refractivity contribution in [2.24, 2.45) is 0 Å². The van der Waals surface area contributed by atoms with E-state index in [0.717, 1.165) is 4.90 Å². The normalized spacial score (nSPS) is 11.8. The van der Waals surface area contributed by atoms with E-state index in [9.17, 15) is 9.90 Å². The van der Waals surface area contributed by atoms with Gasteiger partial charge in [-0.25, -0.2) is 4.79 Å². The fourth-order valence-electron chi connectivity index (χ4n) is 1.51. The average molecular weight is 272 g/mol. The monoisotopic (exact) mass is 272 g/mol. The van der Waals surface area contributed by atoms with Crippen LogP contribution in [0.3, 0.4) is 0 Å². The number of aliphatic hydroxyl groups excluding tert-OH is 1. The maximum atomic E-state index is 11.4. The van der Waals surface area contributed by atoms with E-state index in [2.05, 4.69) is 4.74 Å². The number of carbonyl (C=O) groups excluding carboxylic acids is 1. The molecule has 0 aliphatic rings. The molecule has 0 radical (unpaired) electrons. The van der Waals surface area contributed by atoms with Gasteiger partial charge in [-0.3, -0.25) is 0 Å². The quantitative estimate of drug-likeness (QED) is 0.649. The van der Waals surface area contributed by atoms with E-state index >= 15 is 0 Å². The fraction of sp³-hybridized carbons (Fsp3) is 0.417. The fourth-order valence-corrected chi connectivity index (χ4v) is 2.14. The molecule has 0 aromatic heterocycles. The Labute approximate surface area is 110 Å². The molecule has 1 rings (SSSR count). The third kappa shape index (κ3) is 2.88. The lowest BCUT2D eigenvalue weighted by atomic mass is 10.1. The lowest BCUT2D eigenvalue weighted by Gasteiger charge is -2.16. The summed E-state index contributed by atoms with van der Waals surface area (Å²) in [4.78, 5) is 12.1. The van der Waals surface area contributed by atoms with Crippen LogP contribution in [0.1, 0.15) is 11.7 Å². The third-order valence-corrected chi connectivity index (χ3v) is 3.25. The Balaban J connectivity index is 3.29. The van der Waals surface area contributed by atoms with Gasteiger partial charge in [0, 0.05) is 10.5 Å². The van der Waals surface area contributed by atoms with Crippen LogP contribution >= 0.6 is 11.8 Å². The van der Waals surface area contributed by atoms with Gasteiger partial charge in [-0.05, 0) is 18.4 Å². The van der Waals surface area contributed by atoms with Crippen LogP contribution < -0.4 is 9.47 Å². The van der Waals surface area contributed by atoms with Crippen LogP contribution in [0.25, 0.3) is 0 Å². The van der Waals surface area contributed by atoms with E-state index in [4.69, 9.17) is 9.47 Å². The lowest BCUT2D eigenvalue weighted by Crippen LogP contribution is -2.14. The van der Waals surface area contributed by atoms with E-state index in [1.165, 1.54) is 33.1 Å². The molecule has 0 saturated carbocycles. The van der Waals surface area contributed by atoms with Gasteiger partial charge < -0.3 is 19.3 Å². The van der Waals surface area contributed by atoms with Crippen LogP contribution in [0, 0.1) is 0 Å². The Morgan fingerprint density at radius 3 is 2.22 bits per heavy atom. The number of thioether (sulfide) groups is 1. The van der Waals surface area contributed by atoms with Crippen molar-refractivity contribution < 1.29 is 24.1 Å². The highest BCUT2D eigenvalue weighted by Crippen LogP contribution is 2.37. The van der Waals surface area contributed by atoms with Crippen LogP contribution in [0.2, 0.25) is 0 Å². The SMILES string of the molecule is COC(=O)C(O)c1cc(OC)c(OC)cc1SC. The highest BCUT2D eigenvalue weighted by molar-refractivity contribution is 7.98. The summed E-state index contributed by atoms with van der Waals surface area (Å²) in [5, 5.41) is 9.90. The summed E-state index contributed by atoms with van der Waals surface area (Å²) in [7, 11) is 4.24. The minimum absolute atomic E-state index is 0.437. The molecule has 0 heterocycles. The first-order valence-corrected chi connectivity index (χ1v) is 6.37. The zero-order chi connectivity index (χ0) is 13.7. The van der Waals surface area contributed by atoms with E-state index < -0.39 is 12.1 Å². The van der Waals surface area contributed by atoms with Crippen molar-refractivity contribution in [1.29, 1.82) is 0 Å². The number of hydrogen-bond donors (Lipinski definition) is 1. The highest BCUT2D eigenvalue weighted by Gasteiger charge is 2.23. The Morgan fingerprint density at radius 1 is 1.22 bits per heavy atom. The predicted octanol–water partition coefficient (Wildman–Crippen LogP) is 1.63. The number of esters is 1. The van der Waals surface area contributed by atoms with E-state index in [1.54, 1.807) is 12.1 Å². The molecule has 0 saturated heterocycles. The summed E-state index contributed by atoms with van der Waals surface area (Å²) >= 11 is 1.40. The maximum Gasteiger partial charge on any atom is 0.339 e. The first-order chi connectivity index (χ1) is 8.58. The Morgan fingerprint density at radius 2 is 1.78 bits per heavy atom. The molecular formula is C12H16O5S. The van der Waals surface area contributed by atoms with Crippen LogP contribution in [-0.4, -0.2) is 38.7 Å². The number of rotatable bonds is 5. The largest absolute Gasteiger partial charge is 0.493 e. The van der Waals surface area contributed by atoms with Gasteiger partial charge in [0.2, 0.25) is 0 Å². The summed E-state index contributed by atoms with van der Waals surface area (Å²) in [6, 6.07) is 3.29. The average Bonchev–Trinajstić information content (AvgIpc) is 2.43. The molecule has 0 bridgehead atoms. The predicted molar refractivity (Wildman–Crippen MR) is 68.3 cm³/mol. The summed E-state index contributed by atoms with van der Waals surface area (Å²) < 4.78 is 14.8. The molecule has 0 spiro atoms. The molecule has 1 atom stereocenters. The first-order valence-electron chi connectivity index (χ1n) is 5.14. The van der Waals surface area contributed by atoms with Crippen molar-refractivity contribution in [2.45, 2.75) is 11.0 Å². The second-order valence-corrected chi connectivity index (χ2v) is 4.22. The van der Waals surface area contributed by atoms with E-state index in [-0.39, 0.29) is 0 Å². The topological polar surface area (TPSA) is 65.0 Å². The molecule has 1 aromatic rings. The van der Waals surface area contributed by atoms with Crippen molar-refractivity contribution in [1.82, 2.24) is 0 Å². The Kier molecular flexibility index (Phi) is 5.30. The van der Waals surface area contributed by atoms with E-state index in [0.29, 0.717) is 17.1 Å². The molecule has 0 aliphatic carbocycles. The smallest absolute Gasteiger partial charge is 0.339 e. The van der Waals surface area contributed by atoms with Crippen molar-refractivity contribution in [3.8, 4) is 11.5 Å². The molecule has 18 heavy (non-hydrogen) atoms. The summed E-state index contributed by atoms with van der Waals surface area (Å²) in [5.41, 5.74) is 0.437. The molecule has 1 unspecified atom stereocenters. The number of hydrogen-bond acceptors (Lipinski definition) is 6. The number of carbonyl (C=O) groups is 1. The Hall–Kier alpha value is -1.40. The zero-order valence-electron chi connectivity index (χ0n) is 10.7. The second kappa shape index (κ2) is 6.51. The van der Waals surface area contributed by atoms with Crippen molar-refractivity contribution in [2.75, 3.05) is 27.6 Å². The molecule has 0 amide bonds. The minimum atomic E-state index is -1.34. The minimum Gasteiger partial charge on any atom is -0.493 e. The first kappa shape index (κ1) is 14.7. The van der Waals surface area contributed by atoms with Crippen molar-refractivity contribution in [3.63, 3.8) is 0 Å². The molecule has 1 N–H and O–H groups in total. The van der Waals surface area contributed by atoms with Gasteiger partial charge in [-0.1, -0.05) is 0 Å². The second-order valence-electron chi connectivity index (χ2n) is 3.37. The molecule has 0 aliphatic heterocycles. The standard InChI is InChI=1S/C12H16O5S/c1-15-8-5-7(11(13)12(14)17-3)10(18-4)6-9(8)16-2/h5-6,11,13H,1-4H3. The third-order valence-electron chi connectivity index (χ3n) is 2.45. The van der Waals surface area contributed by atoms with Crippen LogP contribution in [0.4, 0.5) is 0 Å². The molecule has 5 nitrogen and oxygen atoms in total. The van der Waals surface area contributed by atoms with Gasteiger partial charge in [0.15, 0.2) is 17.6 Å². The zero-order valence-corrected chi connectivity index (χ0v) is 11.5. The number of benzene rings is 1. The van der Waals surface area contributed by atoms with Gasteiger partial charge >= 0.3 is 5.97 Å². The van der Waals surface area contributed by atoms with E-state index in [1.807, 2.05) is 6.26 Å². The van der Waals surface area contributed by atoms with Gasteiger partial charge in [0.05, 0.1) is 21.3 Å². The van der Waals surface area contributed by atoms with Gasteiger partial charge in [0.25, 0.3) is 0 Å². The van der Waals surface area contributed by atoms with Crippen molar-refractivity contribution >= 4 is 17.7 Å². The summed E-state index contributed by atoms with van der Waals surface area (Å²) in [6.07, 6.45) is 0.506. The Bertz CT molecular complexity index is 433. The molecule has 1 aromatic carbocycles. The number of ether oxygens (including phenoxy) is 3. The van der Waals surface area contributed by atoms with Crippen LogP contribution in [-0.2, 0) is 9.53 Å². The molecular weight excluding hydrogens is 256 g/mol. The van der Waals surface area contributed by atoms with Crippen molar-refractivity contribution in [3.05, 3.63) is 17.7 Å². The lowest BCUT2D eigenvalue weighted by molar-refractivity contribution is -0.150. The summed E-state index contributed by atoms with van der Waals surface area (Å²) in [6.45, 7) is 0. The van der Waals surface area contributed by atoms with Crippen LogP contribution in [0.15, 0.2) is 17.0 Å². The summed E-state index contributed by atoms with van der Waals surface area (Å²) in [5.74, 6) is 0.286. The number of methoxy groups -OCH3 is 3. The maximum absolute atomic E-state index is 11.4. The van der Waals surface area contributed by atoms with Gasteiger partial charge in [0.1, 0.15) is 0 Å². The number of aliphatic hydroxyl groups is 1. The molecule has 100 valence electrons. The van der Waals surface area contributed by atoms with Crippen LogP contribution in [0.5, 0.6) is 11.5 Å². The molecule has 6 heteroatoms. The van der Waals surface area contributed by atoms with Gasteiger partial charge in [-0.2, -0.15) is 0 Å². The molecule has 0 fully saturated rings. The van der Waals surface area contributed by atoms with Gasteiger partial charge in [-0.15, -0.1) is 11.8 Å².